The Hall–Kier alpha value is -1.31. The van der Waals surface area contributed by atoms with Crippen LogP contribution in [0.15, 0.2) is 35.4 Å². The first-order chi connectivity index (χ1) is 10.4. The average molecular weight is 284 g/mol. The zero-order chi connectivity index (χ0) is 14.5. The molecule has 1 saturated carbocycles. The molecule has 1 atom stereocenters. The summed E-state index contributed by atoms with van der Waals surface area (Å²) >= 11 is 0. The van der Waals surface area contributed by atoms with E-state index in [0.29, 0.717) is 6.04 Å². The minimum atomic E-state index is 0.534. The molecule has 3 rings (SSSR count). The second kappa shape index (κ2) is 7.11. The van der Waals surface area contributed by atoms with Crippen molar-refractivity contribution in [3.63, 3.8) is 0 Å². The summed E-state index contributed by atoms with van der Waals surface area (Å²) in [6, 6.07) is 11.3. The number of hydrazone groups is 1. The molecule has 1 aromatic carbocycles. The lowest BCUT2D eigenvalue weighted by Gasteiger charge is -2.23. The summed E-state index contributed by atoms with van der Waals surface area (Å²) in [5.74, 6) is 0.766. The molecule has 1 heterocycles. The summed E-state index contributed by atoms with van der Waals surface area (Å²) in [5.41, 5.74) is 2.91. The Morgan fingerprint density at radius 3 is 2.62 bits per heavy atom. The standard InChI is InChI=1S/C19H28N2/c1-2-3-14-18(16-10-6-4-7-11-16)20-21-15-19(21)17-12-8-5-9-13-17/h5,8-9,12-13,16,19H,2-4,6-7,10-11,14-15H2,1H3/b20-18+. The predicted molar refractivity (Wildman–Crippen MR) is 89.4 cm³/mol. The maximum atomic E-state index is 5.06. The normalized spacial score (nSPS) is 23.4. The van der Waals surface area contributed by atoms with E-state index in [-0.39, 0.29) is 0 Å². The fraction of sp³-hybridized carbons (Fsp3) is 0.632. The van der Waals surface area contributed by atoms with Crippen LogP contribution in [0.5, 0.6) is 0 Å². The maximum Gasteiger partial charge on any atom is 0.0912 e. The zero-order valence-electron chi connectivity index (χ0n) is 13.3. The first kappa shape index (κ1) is 14.6. The molecule has 1 aliphatic heterocycles. The van der Waals surface area contributed by atoms with Gasteiger partial charge in [0.05, 0.1) is 12.6 Å². The molecule has 2 fully saturated rings. The van der Waals surface area contributed by atoms with Crippen LogP contribution in [-0.2, 0) is 0 Å². The summed E-state index contributed by atoms with van der Waals surface area (Å²) in [6.45, 7) is 3.38. The number of unbranched alkanes of at least 4 members (excludes halogenated alkanes) is 1. The van der Waals surface area contributed by atoms with Gasteiger partial charge >= 0.3 is 0 Å². The van der Waals surface area contributed by atoms with Gasteiger partial charge < -0.3 is 0 Å². The molecule has 0 N–H and O–H groups in total. The third kappa shape index (κ3) is 3.87. The Morgan fingerprint density at radius 1 is 1.14 bits per heavy atom. The van der Waals surface area contributed by atoms with Crippen LogP contribution < -0.4 is 0 Å². The smallest absolute Gasteiger partial charge is 0.0912 e. The largest absolute Gasteiger partial charge is 0.285 e. The average Bonchev–Trinajstić information content (AvgIpc) is 3.32. The van der Waals surface area contributed by atoms with Crippen LogP contribution in [0.2, 0.25) is 0 Å². The Balaban J connectivity index is 1.65. The van der Waals surface area contributed by atoms with Crippen molar-refractivity contribution in [1.82, 2.24) is 5.01 Å². The maximum absolute atomic E-state index is 5.06. The van der Waals surface area contributed by atoms with Crippen molar-refractivity contribution in [1.29, 1.82) is 0 Å². The SMILES string of the molecule is CCCC/C(=N\N1CC1c1ccccc1)C1CCCCC1. The molecular weight excluding hydrogens is 256 g/mol. The van der Waals surface area contributed by atoms with Crippen LogP contribution in [0.1, 0.15) is 69.9 Å². The molecule has 2 aliphatic rings. The van der Waals surface area contributed by atoms with Crippen molar-refractivity contribution in [3.8, 4) is 0 Å². The van der Waals surface area contributed by atoms with Gasteiger partial charge in [-0.15, -0.1) is 0 Å². The highest BCUT2D eigenvalue weighted by atomic mass is 15.6. The fourth-order valence-corrected chi connectivity index (χ4v) is 3.49. The van der Waals surface area contributed by atoms with Crippen molar-refractivity contribution in [2.45, 2.75) is 64.3 Å². The highest BCUT2D eigenvalue weighted by Gasteiger charge is 2.35. The van der Waals surface area contributed by atoms with Gasteiger partial charge in [0.2, 0.25) is 0 Å². The Bertz CT molecular complexity index is 460. The number of hydrogen-bond acceptors (Lipinski definition) is 2. The van der Waals surface area contributed by atoms with E-state index in [1.54, 1.807) is 0 Å². The topological polar surface area (TPSA) is 15.4 Å². The molecule has 1 aliphatic carbocycles. The van der Waals surface area contributed by atoms with Crippen LogP contribution in [-0.4, -0.2) is 17.3 Å². The quantitative estimate of drug-likeness (QED) is 0.519. The zero-order valence-corrected chi connectivity index (χ0v) is 13.3. The first-order valence-electron chi connectivity index (χ1n) is 8.77. The summed E-state index contributed by atoms with van der Waals surface area (Å²) in [6.07, 6.45) is 10.7. The Kier molecular flexibility index (Phi) is 4.95. The van der Waals surface area contributed by atoms with E-state index in [2.05, 4.69) is 42.3 Å². The minimum absolute atomic E-state index is 0.534. The Labute approximate surface area is 129 Å². The van der Waals surface area contributed by atoms with Gasteiger partial charge in [-0.05, 0) is 37.2 Å². The van der Waals surface area contributed by atoms with Gasteiger partial charge in [-0.25, -0.2) is 0 Å². The van der Waals surface area contributed by atoms with E-state index in [1.165, 1.54) is 62.6 Å². The predicted octanol–water partition coefficient (Wildman–Crippen LogP) is 5.17. The first-order valence-corrected chi connectivity index (χ1v) is 8.77. The van der Waals surface area contributed by atoms with E-state index in [9.17, 15) is 0 Å². The van der Waals surface area contributed by atoms with Crippen molar-refractivity contribution in [2.24, 2.45) is 11.0 Å². The highest BCUT2D eigenvalue weighted by molar-refractivity contribution is 5.86. The number of nitrogens with zero attached hydrogens (tertiary/aromatic N) is 2. The molecule has 21 heavy (non-hydrogen) atoms. The van der Waals surface area contributed by atoms with E-state index in [4.69, 9.17) is 5.10 Å². The number of rotatable bonds is 6. The molecule has 114 valence electrons. The van der Waals surface area contributed by atoms with Crippen LogP contribution in [0.25, 0.3) is 0 Å². The van der Waals surface area contributed by atoms with Crippen molar-refractivity contribution in [3.05, 3.63) is 35.9 Å². The summed E-state index contributed by atoms with van der Waals surface area (Å²) < 4.78 is 0. The molecule has 1 aromatic rings. The molecule has 1 saturated heterocycles. The Morgan fingerprint density at radius 2 is 1.90 bits per heavy atom. The van der Waals surface area contributed by atoms with Crippen LogP contribution in [0.3, 0.4) is 0 Å². The second-order valence-corrected chi connectivity index (χ2v) is 6.58. The lowest BCUT2D eigenvalue weighted by Crippen LogP contribution is -2.19. The van der Waals surface area contributed by atoms with Gasteiger partial charge in [0, 0.05) is 5.71 Å². The van der Waals surface area contributed by atoms with Crippen LogP contribution in [0.4, 0.5) is 0 Å². The van der Waals surface area contributed by atoms with E-state index in [0.717, 1.165) is 12.5 Å². The second-order valence-electron chi connectivity index (χ2n) is 6.58. The van der Waals surface area contributed by atoms with Crippen molar-refractivity contribution in [2.75, 3.05) is 6.54 Å². The molecule has 0 spiro atoms. The number of hydrogen-bond donors (Lipinski definition) is 0. The van der Waals surface area contributed by atoms with Crippen molar-refractivity contribution >= 4 is 5.71 Å². The fourth-order valence-electron chi connectivity index (χ4n) is 3.49. The van der Waals surface area contributed by atoms with Crippen LogP contribution in [0, 0.1) is 5.92 Å². The molecule has 0 aromatic heterocycles. The van der Waals surface area contributed by atoms with E-state index in [1.807, 2.05) is 0 Å². The third-order valence-corrected chi connectivity index (χ3v) is 4.89. The molecule has 2 heteroatoms. The van der Waals surface area contributed by atoms with Gasteiger partial charge in [0.25, 0.3) is 0 Å². The van der Waals surface area contributed by atoms with Crippen LogP contribution >= 0.6 is 0 Å². The van der Waals surface area contributed by atoms with Gasteiger partial charge in [-0.2, -0.15) is 5.10 Å². The number of benzene rings is 1. The minimum Gasteiger partial charge on any atom is -0.285 e. The lowest BCUT2D eigenvalue weighted by atomic mass is 9.84. The lowest BCUT2D eigenvalue weighted by molar-refractivity contribution is 0.425. The van der Waals surface area contributed by atoms with Crippen molar-refractivity contribution < 1.29 is 0 Å². The molecule has 1 unspecified atom stereocenters. The third-order valence-electron chi connectivity index (χ3n) is 4.89. The van der Waals surface area contributed by atoms with Gasteiger partial charge in [-0.3, -0.25) is 5.01 Å². The molecule has 0 bridgehead atoms. The molecular formula is C19H28N2. The monoisotopic (exact) mass is 284 g/mol. The highest BCUT2D eigenvalue weighted by Crippen LogP contribution is 2.36. The molecule has 2 nitrogen and oxygen atoms in total. The summed E-state index contributed by atoms with van der Waals surface area (Å²) in [7, 11) is 0. The van der Waals surface area contributed by atoms with E-state index < -0.39 is 0 Å². The van der Waals surface area contributed by atoms with Gasteiger partial charge in [0.1, 0.15) is 0 Å². The van der Waals surface area contributed by atoms with Gasteiger partial charge in [0.15, 0.2) is 0 Å². The molecule has 0 amide bonds. The summed E-state index contributed by atoms with van der Waals surface area (Å²) in [4.78, 5) is 0. The van der Waals surface area contributed by atoms with Gasteiger partial charge in [-0.1, -0.05) is 62.9 Å². The summed E-state index contributed by atoms with van der Waals surface area (Å²) in [5, 5.41) is 7.36. The molecule has 0 radical (unpaired) electrons. The van der Waals surface area contributed by atoms with E-state index >= 15 is 0 Å².